The van der Waals surface area contributed by atoms with Crippen molar-refractivity contribution < 1.29 is 22.7 Å². The van der Waals surface area contributed by atoms with Gasteiger partial charge in [-0.2, -0.15) is 13.2 Å². The molecule has 180 valence electrons. The van der Waals surface area contributed by atoms with Crippen LogP contribution in [0.5, 0.6) is 5.75 Å². The molecule has 0 N–H and O–H groups in total. The first kappa shape index (κ1) is 24.5. The number of ether oxygens (including phenoxy) is 1. The van der Waals surface area contributed by atoms with Crippen LogP contribution in [0.4, 0.5) is 13.2 Å². The van der Waals surface area contributed by atoms with Crippen LogP contribution in [0.1, 0.15) is 61.4 Å². The smallest absolute Gasteiger partial charge is 0.418 e. The third-order valence-corrected chi connectivity index (χ3v) is 7.11. The van der Waals surface area contributed by atoms with Crippen LogP contribution in [0.25, 0.3) is 10.9 Å². The fourth-order valence-corrected chi connectivity index (χ4v) is 5.10. The molecule has 0 saturated heterocycles. The van der Waals surface area contributed by atoms with Crippen molar-refractivity contribution >= 4 is 28.3 Å². The van der Waals surface area contributed by atoms with Crippen LogP contribution >= 0.6 is 11.6 Å². The normalized spacial score (nSPS) is 19.7. The second kappa shape index (κ2) is 10.3. The van der Waals surface area contributed by atoms with E-state index in [2.05, 4.69) is 11.9 Å². The second-order valence-corrected chi connectivity index (χ2v) is 9.40. The quantitative estimate of drug-likeness (QED) is 0.314. The summed E-state index contributed by atoms with van der Waals surface area (Å²) in [5.74, 6) is 1.28. The Morgan fingerprint density at radius 2 is 1.79 bits per heavy atom. The number of pyridine rings is 1. The summed E-state index contributed by atoms with van der Waals surface area (Å²) in [7, 11) is 0. The van der Waals surface area contributed by atoms with Crippen molar-refractivity contribution in [1.82, 2.24) is 4.98 Å². The summed E-state index contributed by atoms with van der Waals surface area (Å²) in [5.41, 5.74) is -0.161. The van der Waals surface area contributed by atoms with Crippen LogP contribution in [-0.2, 0) is 6.18 Å². The van der Waals surface area contributed by atoms with E-state index in [0.717, 1.165) is 38.2 Å². The molecule has 34 heavy (non-hydrogen) atoms. The lowest BCUT2D eigenvalue weighted by Crippen LogP contribution is -2.28. The van der Waals surface area contributed by atoms with Crippen molar-refractivity contribution in [1.29, 1.82) is 0 Å². The lowest BCUT2D eigenvalue weighted by molar-refractivity contribution is -0.136. The van der Waals surface area contributed by atoms with Crippen molar-refractivity contribution in [2.24, 2.45) is 11.8 Å². The highest BCUT2D eigenvalue weighted by Gasteiger charge is 2.34. The van der Waals surface area contributed by atoms with E-state index in [9.17, 15) is 18.0 Å². The Bertz CT molecular complexity index is 1140. The summed E-state index contributed by atoms with van der Waals surface area (Å²) < 4.78 is 46.3. The molecule has 1 aliphatic rings. The van der Waals surface area contributed by atoms with Crippen molar-refractivity contribution in [3.63, 3.8) is 0 Å². The average molecular weight is 490 g/mol. The molecule has 1 aliphatic carbocycles. The molecule has 1 atom stereocenters. The van der Waals surface area contributed by atoms with E-state index >= 15 is 0 Å². The summed E-state index contributed by atoms with van der Waals surface area (Å²) in [4.78, 5) is 16.7. The van der Waals surface area contributed by atoms with Gasteiger partial charge >= 0.3 is 6.18 Å². The van der Waals surface area contributed by atoms with Gasteiger partial charge in [0, 0.05) is 28.6 Å². The number of Topliss-reactive ketones (excluding diaryl/α,β-unsaturated/α-hetero) is 1. The van der Waals surface area contributed by atoms with Gasteiger partial charge in [0.2, 0.25) is 0 Å². The number of fused-ring (bicyclic) bond motifs is 1. The number of carbonyl (C=O) groups is 1. The predicted octanol–water partition coefficient (Wildman–Crippen LogP) is 8.14. The molecule has 4 rings (SSSR count). The molecule has 7 heteroatoms. The van der Waals surface area contributed by atoms with Gasteiger partial charge in [-0.3, -0.25) is 9.78 Å². The highest BCUT2D eigenvalue weighted by molar-refractivity contribution is 6.30. The molecule has 0 radical (unpaired) electrons. The number of carbonyl (C=O) groups excluding carboxylic acids is 1. The van der Waals surface area contributed by atoms with Gasteiger partial charge in [-0.1, -0.05) is 31.0 Å². The third kappa shape index (κ3) is 5.54. The Morgan fingerprint density at radius 3 is 2.44 bits per heavy atom. The van der Waals surface area contributed by atoms with E-state index in [1.165, 1.54) is 12.3 Å². The maximum atomic E-state index is 13.4. The molecule has 1 unspecified atom stereocenters. The number of para-hydroxylation sites is 1. The third-order valence-electron chi connectivity index (χ3n) is 6.85. The monoisotopic (exact) mass is 489 g/mol. The van der Waals surface area contributed by atoms with Gasteiger partial charge in [0.05, 0.1) is 17.2 Å². The van der Waals surface area contributed by atoms with Gasteiger partial charge in [0.1, 0.15) is 5.75 Å². The Hall–Kier alpha value is -2.60. The van der Waals surface area contributed by atoms with E-state index in [1.807, 2.05) is 0 Å². The maximum absolute atomic E-state index is 13.4. The number of aromatic nitrogens is 1. The van der Waals surface area contributed by atoms with E-state index in [4.69, 9.17) is 16.3 Å². The van der Waals surface area contributed by atoms with E-state index in [0.29, 0.717) is 40.0 Å². The summed E-state index contributed by atoms with van der Waals surface area (Å²) in [6.07, 6.45) is 1.71. The Balaban J connectivity index is 1.39. The highest BCUT2D eigenvalue weighted by atomic mass is 35.5. The first-order chi connectivity index (χ1) is 16.3. The zero-order chi connectivity index (χ0) is 24.3. The SMILES string of the molecule is CCC(CC(=O)c1ccc(Cl)cc1)C1CCC(Oc2ccnc3c(C(F)(F)F)cccc23)CC1. The van der Waals surface area contributed by atoms with Crippen molar-refractivity contribution in [3.05, 3.63) is 70.9 Å². The first-order valence-electron chi connectivity index (χ1n) is 11.7. The lowest BCUT2D eigenvalue weighted by Gasteiger charge is -2.33. The minimum absolute atomic E-state index is 0.0686. The van der Waals surface area contributed by atoms with Crippen LogP contribution < -0.4 is 4.74 Å². The molecule has 0 aliphatic heterocycles. The standard InChI is InChI=1S/C27H27ClF3NO2/c1-2-17(16-24(33)19-6-10-20(28)11-7-19)18-8-12-21(13-9-18)34-25-14-15-32-26-22(25)4-3-5-23(26)27(29,30)31/h3-7,10-11,14-15,17-18,21H,2,8-9,12-13,16H2,1H3. The van der Waals surface area contributed by atoms with Crippen LogP contribution in [0.2, 0.25) is 5.02 Å². The highest BCUT2D eigenvalue weighted by Crippen LogP contribution is 2.39. The molecule has 0 spiro atoms. The first-order valence-corrected chi connectivity index (χ1v) is 12.0. The molecule has 1 aromatic heterocycles. The molecule has 1 heterocycles. The molecule has 0 bridgehead atoms. The van der Waals surface area contributed by atoms with E-state index < -0.39 is 11.7 Å². The van der Waals surface area contributed by atoms with Crippen molar-refractivity contribution in [3.8, 4) is 5.75 Å². The summed E-state index contributed by atoms with van der Waals surface area (Å²) in [6, 6.07) is 12.7. The predicted molar refractivity (Wildman–Crippen MR) is 127 cm³/mol. The zero-order valence-electron chi connectivity index (χ0n) is 18.9. The Labute approximate surface area is 202 Å². The van der Waals surface area contributed by atoms with Gasteiger partial charge in [-0.05, 0) is 80.0 Å². The molecule has 3 nitrogen and oxygen atoms in total. The van der Waals surface area contributed by atoms with E-state index in [1.54, 1.807) is 36.4 Å². The van der Waals surface area contributed by atoms with Crippen molar-refractivity contribution in [2.45, 2.75) is 57.7 Å². The molecule has 3 aromatic rings. The van der Waals surface area contributed by atoms with E-state index in [-0.39, 0.29) is 17.4 Å². The van der Waals surface area contributed by atoms with Gasteiger partial charge in [-0.15, -0.1) is 0 Å². The summed E-state index contributed by atoms with van der Waals surface area (Å²) in [6.45, 7) is 2.11. The molecule has 1 saturated carbocycles. The van der Waals surface area contributed by atoms with Gasteiger partial charge in [0.25, 0.3) is 0 Å². The number of ketones is 1. The molecule has 1 fully saturated rings. The van der Waals surface area contributed by atoms with Gasteiger partial charge < -0.3 is 4.74 Å². The topological polar surface area (TPSA) is 39.2 Å². The summed E-state index contributed by atoms with van der Waals surface area (Å²) >= 11 is 5.93. The minimum atomic E-state index is -4.47. The zero-order valence-corrected chi connectivity index (χ0v) is 19.7. The lowest BCUT2D eigenvalue weighted by atomic mass is 9.75. The molecular weight excluding hydrogens is 463 g/mol. The van der Waals surface area contributed by atoms with Crippen molar-refractivity contribution in [2.75, 3.05) is 0 Å². The van der Waals surface area contributed by atoms with Gasteiger partial charge in [-0.25, -0.2) is 0 Å². The number of benzene rings is 2. The number of halogens is 4. The number of rotatable bonds is 7. The van der Waals surface area contributed by atoms with Crippen LogP contribution in [-0.4, -0.2) is 16.9 Å². The number of hydrogen-bond acceptors (Lipinski definition) is 3. The minimum Gasteiger partial charge on any atom is -0.490 e. The summed E-state index contributed by atoms with van der Waals surface area (Å²) in [5, 5.41) is 0.984. The molecule has 0 amide bonds. The Kier molecular flexibility index (Phi) is 7.46. The average Bonchev–Trinajstić information content (AvgIpc) is 2.82. The largest absolute Gasteiger partial charge is 0.490 e. The number of nitrogens with zero attached hydrogens (tertiary/aromatic N) is 1. The Morgan fingerprint density at radius 1 is 1.09 bits per heavy atom. The number of hydrogen-bond donors (Lipinski definition) is 0. The maximum Gasteiger partial charge on any atom is 0.418 e. The fourth-order valence-electron chi connectivity index (χ4n) is 4.98. The fraction of sp³-hybridized carbons (Fsp3) is 0.407. The molecular formula is C27H27ClF3NO2. The van der Waals surface area contributed by atoms with Crippen LogP contribution in [0.3, 0.4) is 0 Å². The second-order valence-electron chi connectivity index (χ2n) is 8.97. The van der Waals surface area contributed by atoms with Crippen LogP contribution in [0, 0.1) is 11.8 Å². The molecule has 2 aromatic carbocycles. The van der Waals surface area contributed by atoms with Gasteiger partial charge in [0.15, 0.2) is 5.78 Å². The number of alkyl halides is 3. The van der Waals surface area contributed by atoms with Crippen LogP contribution in [0.15, 0.2) is 54.7 Å².